The van der Waals surface area contributed by atoms with Crippen molar-refractivity contribution in [1.29, 1.82) is 0 Å². The van der Waals surface area contributed by atoms with Gasteiger partial charge in [0, 0.05) is 16.6 Å². The number of anilines is 1. The van der Waals surface area contributed by atoms with Crippen LogP contribution in [0.15, 0.2) is 42.5 Å². The minimum atomic E-state index is -0.511. The predicted molar refractivity (Wildman–Crippen MR) is 115 cm³/mol. The second kappa shape index (κ2) is 7.05. The number of nitrogens with one attached hydrogen (secondary N) is 3. The summed E-state index contributed by atoms with van der Waals surface area (Å²) in [4.78, 5) is 25.3. The van der Waals surface area contributed by atoms with Gasteiger partial charge in [-0.25, -0.2) is 4.79 Å². The zero-order valence-corrected chi connectivity index (χ0v) is 16.9. The van der Waals surface area contributed by atoms with E-state index in [1.54, 1.807) is 6.92 Å². The molecule has 1 atom stereocenters. The van der Waals surface area contributed by atoms with E-state index >= 15 is 0 Å². The lowest BCUT2D eigenvalue weighted by Crippen LogP contribution is -2.62. The fourth-order valence-electron chi connectivity index (χ4n) is 6.41. The van der Waals surface area contributed by atoms with Crippen LogP contribution in [0, 0.1) is 17.8 Å². The molecule has 4 aliphatic carbocycles. The van der Waals surface area contributed by atoms with Crippen LogP contribution >= 0.6 is 0 Å². The maximum atomic E-state index is 12.6. The van der Waals surface area contributed by atoms with Gasteiger partial charge in [-0.1, -0.05) is 36.4 Å². The molecule has 0 spiro atoms. The molecule has 2 aromatic carbocycles. The standard InChI is InChI=1S/C24H29N3O2/c1-15(25-21-8-4-6-19-5-2-3-7-20(19)21)22(28)26-23(29)27-24-12-16-9-17(13-24)11-18(10-16)14-24/h2-8,15-18,25H,9-14H2,1H3,(H2,26,27,28,29)/t15-,16?,17?,18?,24?/m1/s1. The average Bonchev–Trinajstić information content (AvgIpc) is 2.66. The van der Waals surface area contributed by atoms with Crippen LogP contribution in [0.3, 0.4) is 0 Å². The van der Waals surface area contributed by atoms with Crippen LogP contribution in [0.2, 0.25) is 0 Å². The molecule has 0 saturated heterocycles. The third-order valence-corrected chi connectivity index (χ3v) is 7.21. The first-order valence-electron chi connectivity index (χ1n) is 10.9. The maximum Gasteiger partial charge on any atom is 0.321 e. The average molecular weight is 392 g/mol. The van der Waals surface area contributed by atoms with Crippen molar-refractivity contribution in [3.8, 4) is 0 Å². The number of benzene rings is 2. The van der Waals surface area contributed by atoms with Gasteiger partial charge in [0.05, 0.1) is 0 Å². The Kier molecular flexibility index (Phi) is 4.49. The Morgan fingerprint density at radius 1 is 0.931 bits per heavy atom. The molecule has 4 aliphatic rings. The molecule has 5 heteroatoms. The Morgan fingerprint density at radius 3 is 2.24 bits per heavy atom. The van der Waals surface area contributed by atoms with Gasteiger partial charge in [-0.2, -0.15) is 0 Å². The summed E-state index contributed by atoms with van der Waals surface area (Å²) in [6, 6.07) is 13.2. The van der Waals surface area contributed by atoms with Crippen molar-refractivity contribution < 1.29 is 9.59 Å². The fourth-order valence-corrected chi connectivity index (χ4v) is 6.41. The van der Waals surface area contributed by atoms with Gasteiger partial charge < -0.3 is 10.6 Å². The minimum Gasteiger partial charge on any atom is -0.373 e. The van der Waals surface area contributed by atoms with Crippen molar-refractivity contribution in [3.63, 3.8) is 0 Å². The second-order valence-corrected chi connectivity index (χ2v) is 9.53. The SMILES string of the molecule is C[C@@H](Nc1cccc2ccccc12)C(=O)NC(=O)NC12CC3CC(CC(C3)C1)C2. The smallest absolute Gasteiger partial charge is 0.321 e. The first-order chi connectivity index (χ1) is 14.0. The van der Waals surface area contributed by atoms with E-state index in [1.165, 1.54) is 19.3 Å². The first-order valence-corrected chi connectivity index (χ1v) is 10.9. The predicted octanol–water partition coefficient (Wildman–Crippen LogP) is 4.43. The molecule has 2 aromatic rings. The fraction of sp³-hybridized carbons (Fsp3) is 0.500. The van der Waals surface area contributed by atoms with Crippen molar-refractivity contribution >= 4 is 28.4 Å². The molecule has 0 heterocycles. The van der Waals surface area contributed by atoms with Crippen LogP contribution in [-0.4, -0.2) is 23.5 Å². The highest BCUT2D eigenvalue weighted by Gasteiger charge is 2.51. The lowest BCUT2D eigenvalue weighted by molar-refractivity contribution is -0.120. The van der Waals surface area contributed by atoms with E-state index in [0.717, 1.165) is 53.5 Å². The molecule has 152 valence electrons. The number of hydrogen-bond donors (Lipinski definition) is 3. The van der Waals surface area contributed by atoms with E-state index < -0.39 is 6.04 Å². The molecule has 3 N–H and O–H groups in total. The molecule has 4 saturated carbocycles. The van der Waals surface area contributed by atoms with Crippen LogP contribution in [0.5, 0.6) is 0 Å². The highest BCUT2D eigenvalue weighted by molar-refractivity contribution is 6.00. The summed E-state index contributed by atoms with van der Waals surface area (Å²) in [6.07, 6.45) is 7.20. The maximum absolute atomic E-state index is 12.6. The summed E-state index contributed by atoms with van der Waals surface area (Å²) >= 11 is 0. The van der Waals surface area contributed by atoms with Crippen LogP contribution in [0.1, 0.15) is 45.4 Å². The van der Waals surface area contributed by atoms with E-state index in [2.05, 4.69) is 16.0 Å². The zero-order chi connectivity index (χ0) is 20.0. The number of fused-ring (bicyclic) bond motifs is 1. The summed E-state index contributed by atoms with van der Waals surface area (Å²) in [7, 11) is 0. The van der Waals surface area contributed by atoms with Gasteiger partial charge in [-0.15, -0.1) is 0 Å². The molecule has 0 radical (unpaired) electrons. The van der Waals surface area contributed by atoms with Gasteiger partial charge in [0.1, 0.15) is 6.04 Å². The summed E-state index contributed by atoms with van der Waals surface area (Å²) in [5.74, 6) is 1.96. The summed E-state index contributed by atoms with van der Waals surface area (Å²) in [6.45, 7) is 1.79. The number of carbonyl (C=O) groups is 2. The van der Waals surface area contributed by atoms with Gasteiger partial charge in [-0.3, -0.25) is 10.1 Å². The summed E-state index contributed by atoms with van der Waals surface area (Å²) in [5, 5.41) is 11.2. The number of rotatable bonds is 4. The molecule has 29 heavy (non-hydrogen) atoms. The zero-order valence-electron chi connectivity index (χ0n) is 16.9. The molecule has 4 fully saturated rings. The second-order valence-electron chi connectivity index (χ2n) is 9.53. The van der Waals surface area contributed by atoms with Crippen LogP contribution < -0.4 is 16.0 Å². The van der Waals surface area contributed by atoms with E-state index in [1.807, 2.05) is 42.5 Å². The van der Waals surface area contributed by atoms with E-state index in [9.17, 15) is 9.59 Å². The number of carbonyl (C=O) groups excluding carboxylic acids is 2. The molecular formula is C24H29N3O2. The van der Waals surface area contributed by atoms with Gasteiger partial charge in [0.25, 0.3) is 0 Å². The molecule has 3 amide bonds. The Bertz CT molecular complexity index is 914. The van der Waals surface area contributed by atoms with Crippen molar-refractivity contribution in [2.75, 3.05) is 5.32 Å². The minimum absolute atomic E-state index is 0.0919. The van der Waals surface area contributed by atoms with Gasteiger partial charge in [0.15, 0.2) is 0 Å². The Morgan fingerprint density at radius 2 is 1.55 bits per heavy atom. The summed E-state index contributed by atoms with van der Waals surface area (Å²) < 4.78 is 0. The Labute approximate surface area is 171 Å². The molecule has 0 unspecified atom stereocenters. The number of imide groups is 1. The van der Waals surface area contributed by atoms with Crippen molar-refractivity contribution in [1.82, 2.24) is 10.6 Å². The summed E-state index contributed by atoms with van der Waals surface area (Å²) in [5.41, 5.74) is 0.804. The molecule has 4 bridgehead atoms. The van der Waals surface area contributed by atoms with Gasteiger partial charge in [-0.05, 0) is 74.7 Å². The highest BCUT2D eigenvalue weighted by Crippen LogP contribution is 2.55. The third-order valence-electron chi connectivity index (χ3n) is 7.21. The molecular weight excluding hydrogens is 362 g/mol. The van der Waals surface area contributed by atoms with Crippen LogP contribution in [-0.2, 0) is 4.79 Å². The van der Waals surface area contributed by atoms with Crippen LogP contribution in [0.25, 0.3) is 10.8 Å². The highest BCUT2D eigenvalue weighted by atomic mass is 16.2. The lowest BCUT2D eigenvalue weighted by Gasteiger charge is -2.56. The monoisotopic (exact) mass is 391 g/mol. The molecule has 0 aromatic heterocycles. The first kappa shape index (κ1) is 18.5. The topological polar surface area (TPSA) is 70.2 Å². The lowest BCUT2D eigenvalue weighted by atomic mass is 9.53. The van der Waals surface area contributed by atoms with Crippen LogP contribution in [0.4, 0.5) is 10.5 Å². The van der Waals surface area contributed by atoms with Crippen molar-refractivity contribution in [2.45, 2.75) is 57.0 Å². The normalized spacial score (nSPS) is 30.7. The third kappa shape index (κ3) is 3.59. The Hall–Kier alpha value is -2.56. The van der Waals surface area contributed by atoms with Gasteiger partial charge >= 0.3 is 6.03 Å². The molecule has 6 rings (SSSR count). The number of amides is 3. The van der Waals surface area contributed by atoms with Crippen molar-refractivity contribution in [2.24, 2.45) is 17.8 Å². The Balaban J connectivity index is 1.21. The van der Waals surface area contributed by atoms with E-state index in [0.29, 0.717) is 0 Å². The number of hydrogen-bond acceptors (Lipinski definition) is 3. The molecule has 5 nitrogen and oxygen atoms in total. The quantitative estimate of drug-likeness (QED) is 0.722. The van der Waals surface area contributed by atoms with E-state index in [-0.39, 0.29) is 17.5 Å². The van der Waals surface area contributed by atoms with E-state index in [4.69, 9.17) is 0 Å². The number of urea groups is 1. The van der Waals surface area contributed by atoms with Crippen molar-refractivity contribution in [3.05, 3.63) is 42.5 Å². The largest absolute Gasteiger partial charge is 0.373 e. The molecule has 0 aliphatic heterocycles. The van der Waals surface area contributed by atoms with Gasteiger partial charge in [0.2, 0.25) is 5.91 Å².